The van der Waals surface area contributed by atoms with E-state index in [0.29, 0.717) is 11.7 Å². The molecule has 23 heavy (non-hydrogen) atoms. The van der Waals surface area contributed by atoms with Crippen molar-refractivity contribution in [2.45, 2.75) is 13.1 Å². The van der Waals surface area contributed by atoms with Crippen LogP contribution in [-0.4, -0.2) is 56.1 Å². The molecule has 0 bridgehead atoms. The van der Waals surface area contributed by atoms with Gasteiger partial charge in [-0.2, -0.15) is 4.98 Å². The Labute approximate surface area is 138 Å². The van der Waals surface area contributed by atoms with Crippen LogP contribution in [0, 0.1) is 0 Å². The van der Waals surface area contributed by atoms with Gasteiger partial charge in [-0.1, -0.05) is 11.2 Å². The minimum absolute atomic E-state index is 0.688. The zero-order valence-electron chi connectivity index (χ0n) is 12.7. The number of imidazole rings is 1. The van der Waals surface area contributed by atoms with Gasteiger partial charge < -0.3 is 9.51 Å². The van der Waals surface area contributed by atoms with Crippen LogP contribution in [0.4, 0.5) is 0 Å². The average Bonchev–Trinajstić information content (AvgIpc) is 3.31. The molecule has 120 valence electrons. The number of rotatable bonds is 5. The number of nitrogens with one attached hydrogen (secondary N) is 1. The predicted octanol–water partition coefficient (Wildman–Crippen LogP) is 1.84. The number of H-pyrrole nitrogens is 1. The molecule has 0 saturated carbocycles. The maximum Gasteiger partial charge on any atom is 0.241 e. The lowest BCUT2D eigenvalue weighted by atomic mass is 10.3. The first-order valence-corrected chi connectivity index (χ1v) is 8.53. The predicted molar refractivity (Wildman–Crippen MR) is 86.8 cm³/mol. The summed E-state index contributed by atoms with van der Waals surface area (Å²) in [5.41, 5.74) is 1.16. The summed E-state index contributed by atoms with van der Waals surface area (Å²) in [4.78, 5) is 17.5. The third-order valence-electron chi connectivity index (χ3n) is 3.98. The van der Waals surface area contributed by atoms with Crippen molar-refractivity contribution in [1.29, 1.82) is 0 Å². The van der Waals surface area contributed by atoms with Crippen LogP contribution in [0.2, 0.25) is 0 Å². The molecular weight excluding hydrogens is 312 g/mol. The smallest absolute Gasteiger partial charge is 0.241 e. The Morgan fingerprint density at radius 2 is 2.00 bits per heavy atom. The highest BCUT2D eigenvalue weighted by Crippen LogP contribution is 2.21. The van der Waals surface area contributed by atoms with E-state index in [2.05, 4.69) is 29.9 Å². The van der Waals surface area contributed by atoms with E-state index in [0.717, 1.165) is 49.8 Å². The van der Waals surface area contributed by atoms with Crippen molar-refractivity contribution in [1.82, 2.24) is 29.9 Å². The van der Waals surface area contributed by atoms with E-state index in [1.807, 2.05) is 23.7 Å². The zero-order valence-corrected chi connectivity index (χ0v) is 13.5. The van der Waals surface area contributed by atoms with Gasteiger partial charge in [0.15, 0.2) is 0 Å². The summed E-state index contributed by atoms with van der Waals surface area (Å²) in [6.07, 6.45) is 3.61. The third-order valence-corrected chi connectivity index (χ3v) is 4.85. The largest absolute Gasteiger partial charge is 0.347 e. The Morgan fingerprint density at radius 3 is 2.70 bits per heavy atom. The van der Waals surface area contributed by atoms with Crippen LogP contribution in [0.1, 0.15) is 11.6 Å². The fraction of sp³-hybridized carbons (Fsp3) is 0.400. The molecule has 0 amide bonds. The molecular formula is C15H18N6OS. The Kier molecular flexibility index (Phi) is 4.18. The van der Waals surface area contributed by atoms with E-state index in [1.54, 1.807) is 17.7 Å². The number of aromatic amines is 1. The molecule has 1 aliphatic heterocycles. The molecule has 1 aliphatic rings. The molecule has 0 aromatic carbocycles. The van der Waals surface area contributed by atoms with Gasteiger partial charge in [0.25, 0.3) is 0 Å². The summed E-state index contributed by atoms with van der Waals surface area (Å²) >= 11 is 1.62. The van der Waals surface area contributed by atoms with Crippen LogP contribution in [0.15, 0.2) is 34.6 Å². The molecule has 3 aromatic rings. The summed E-state index contributed by atoms with van der Waals surface area (Å²) in [5, 5.41) is 6.08. The normalized spacial score (nSPS) is 16.9. The van der Waals surface area contributed by atoms with Gasteiger partial charge >= 0.3 is 0 Å². The van der Waals surface area contributed by atoms with Gasteiger partial charge in [0.1, 0.15) is 0 Å². The van der Waals surface area contributed by atoms with Gasteiger partial charge in [-0.05, 0) is 11.4 Å². The minimum Gasteiger partial charge on any atom is -0.347 e. The summed E-state index contributed by atoms with van der Waals surface area (Å²) in [7, 11) is 0. The Morgan fingerprint density at radius 1 is 1.17 bits per heavy atom. The van der Waals surface area contributed by atoms with Crippen LogP contribution in [0.3, 0.4) is 0 Å². The van der Waals surface area contributed by atoms with Crippen molar-refractivity contribution in [2.75, 3.05) is 26.2 Å². The first-order chi connectivity index (χ1) is 11.4. The number of aromatic nitrogens is 4. The highest BCUT2D eigenvalue weighted by Gasteiger charge is 2.20. The fourth-order valence-corrected chi connectivity index (χ4v) is 3.38. The first-order valence-electron chi connectivity index (χ1n) is 7.65. The van der Waals surface area contributed by atoms with Crippen LogP contribution < -0.4 is 0 Å². The summed E-state index contributed by atoms with van der Waals surface area (Å²) in [6.45, 7) is 5.72. The highest BCUT2D eigenvalue weighted by atomic mass is 32.1. The second-order valence-electron chi connectivity index (χ2n) is 5.62. The first kappa shape index (κ1) is 14.6. The van der Waals surface area contributed by atoms with Gasteiger partial charge in [0, 0.05) is 44.6 Å². The lowest BCUT2D eigenvalue weighted by molar-refractivity contribution is 0.111. The molecule has 7 nitrogen and oxygen atoms in total. The fourth-order valence-electron chi connectivity index (χ4n) is 2.73. The standard InChI is InChI=1S/C15H18N6OS/c1-2-13(23-7-1)15-18-14(22-19-15)10-21-5-3-20(4-6-21)9-12-8-16-11-17-12/h1-2,7-8,11H,3-6,9-10H2,(H,16,17). The van der Waals surface area contributed by atoms with Crippen LogP contribution in [-0.2, 0) is 13.1 Å². The van der Waals surface area contributed by atoms with Crippen LogP contribution >= 0.6 is 11.3 Å². The van der Waals surface area contributed by atoms with E-state index in [4.69, 9.17) is 4.52 Å². The van der Waals surface area contributed by atoms with Gasteiger partial charge in [0.05, 0.1) is 17.7 Å². The number of thiophene rings is 1. The highest BCUT2D eigenvalue weighted by molar-refractivity contribution is 7.13. The summed E-state index contributed by atoms with van der Waals surface area (Å²) in [5.74, 6) is 1.38. The van der Waals surface area contributed by atoms with Gasteiger partial charge in [-0.25, -0.2) is 4.98 Å². The molecule has 3 aromatic heterocycles. The number of hydrogen-bond donors (Lipinski definition) is 1. The maximum atomic E-state index is 5.38. The van der Waals surface area contributed by atoms with Crippen molar-refractivity contribution >= 4 is 11.3 Å². The molecule has 0 unspecified atom stereocenters. The number of piperazine rings is 1. The molecule has 4 heterocycles. The van der Waals surface area contributed by atoms with Crippen molar-refractivity contribution in [3.63, 3.8) is 0 Å². The molecule has 0 atom stereocenters. The Balaban J connectivity index is 1.29. The quantitative estimate of drug-likeness (QED) is 0.769. The minimum atomic E-state index is 0.688. The van der Waals surface area contributed by atoms with Gasteiger partial charge in [-0.3, -0.25) is 9.80 Å². The molecule has 1 N–H and O–H groups in total. The van der Waals surface area contributed by atoms with Crippen molar-refractivity contribution < 1.29 is 4.52 Å². The average molecular weight is 330 g/mol. The Bertz CT molecular complexity index is 715. The number of nitrogens with zero attached hydrogens (tertiary/aromatic N) is 5. The van der Waals surface area contributed by atoms with Crippen molar-refractivity contribution in [3.05, 3.63) is 41.6 Å². The topological polar surface area (TPSA) is 74.1 Å². The zero-order chi connectivity index (χ0) is 15.5. The number of hydrogen-bond acceptors (Lipinski definition) is 7. The van der Waals surface area contributed by atoms with E-state index in [9.17, 15) is 0 Å². The lowest BCUT2D eigenvalue weighted by Crippen LogP contribution is -2.45. The van der Waals surface area contributed by atoms with E-state index < -0.39 is 0 Å². The lowest BCUT2D eigenvalue weighted by Gasteiger charge is -2.33. The summed E-state index contributed by atoms with van der Waals surface area (Å²) < 4.78 is 5.38. The van der Waals surface area contributed by atoms with E-state index in [1.165, 1.54) is 0 Å². The SMILES string of the molecule is c1csc(-c2noc(CN3CCN(Cc4cnc[nH]4)CC3)n2)c1. The van der Waals surface area contributed by atoms with E-state index in [-0.39, 0.29) is 0 Å². The maximum absolute atomic E-state index is 5.38. The molecule has 1 fully saturated rings. The second kappa shape index (κ2) is 6.61. The Hall–Kier alpha value is -2.03. The molecule has 0 spiro atoms. The molecule has 1 saturated heterocycles. The molecule has 0 aliphatic carbocycles. The molecule has 8 heteroatoms. The van der Waals surface area contributed by atoms with Crippen LogP contribution in [0.5, 0.6) is 0 Å². The van der Waals surface area contributed by atoms with Gasteiger partial charge in [-0.15, -0.1) is 11.3 Å². The molecule has 4 rings (SSSR count). The van der Waals surface area contributed by atoms with Crippen molar-refractivity contribution in [3.8, 4) is 10.7 Å². The van der Waals surface area contributed by atoms with Crippen LogP contribution in [0.25, 0.3) is 10.7 Å². The molecule has 0 radical (unpaired) electrons. The third kappa shape index (κ3) is 3.49. The van der Waals surface area contributed by atoms with E-state index >= 15 is 0 Å². The second-order valence-corrected chi connectivity index (χ2v) is 6.57. The monoisotopic (exact) mass is 330 g/mol. The summed E-state index contributed by atoms with van der Waals surface area (Å²) in [6, 6.07) is 4.00. The van der Waals surface area contributed by atoms with Gasteiger partial charge in [0.2, 0.25) is 11.7 Å². The van der Waals surface area contributed by atoms with Crippen molar-refractivity contribution in [2.24, 2.45) is 0 Å².